The molecule has 0 amide bonds. The Labute approximate surface area is 127 Å². The fourth-order valence-electron chi connectivity index (χ4n) is 2.41. The van der Waals surface area contributed by atoms with Gasteiger partial charge in [0.1, 0.15) is 4.90 Å². The molecule has 2 heterocycles. The first-order valence-electron chi connectivity index (χ1n) is 7.53. The lowest BCUT2D eigenvalue weighted by Gasteiger charge is -2.32. The molecule has 0 atom stereocenters. The second-order valence-corrected chi connectivity index (χ2v) is 7.07. The van der Waals surface area contributed by atoms with E-state index >= 15 is 0 Å². The zero-order chi connectivity index (χ0) is 15.3. The molecule has 1 saturated heterocycles. The summed E-state index contributed by atoms with van der Waals surface area (Å²) in [5.41, 5.74) is 0. The molecule has 1 aromatic heterocycles. The van der Waals surface area contributed by atoms with E-state index in [9.17, 15) is 8.42 Å². The number of sulfonamides is 1. The van der Waals surface area contributed by atoms with Crippen LogP contribution in [0.4, 0.5) is 0 Å². The van der Waals surface area contributed by atoms with Crippen molar-refractivity contribution in [3.8, 4) is 0 Å². The molecule has 1 aromatic rings. The third-order valence-electron chi connectivity index (χ3n) is 3.79. The molecular weight excluding hydrogens is 290 g/mol. The molecule has 7 nitrogen and oxygen atoms in total. The summed E-state index contributed by atoms with van der Waals surface area (Å²) in [5, 5.41) is 7.33. The van der Waals surface area contributed by atoms with Crippen LogP contribution in [0.1, 0.15) is 13.8 Å². The van der Waals surface area contributed by atoms with E-state index in [0.29, 0.717) is 24.5 Å². The molecule has 1 aliphatic heterocycles. The highest BCUT2D eigenvalue weighted by Gasteiger charge is 2.28. The van der Waals surface area contributed by atoms with Crippen molar-refractivity contribution >= 4 is 10.0 Å². The van der Waals surface area contributed by atoms with E-state index < -0.39 is 10.0 Å². The minimum Gasteiger partial charge on any atom is -0.315 e. The number of aromatic nitrogens is 2. The Balaban J connectivity index is 1.99. The fraction of sp³-hybridized carbons (Fsp3) is 0.769. The lowest BCUT2D eigenvalue weighted by atomic mass is 10.4. The first-order chi connectivity index (χ1) is 10.1. The van der Waals surface area contributed by atoms with E-state index in [-0.39, 0.29) is 0 Å². The van der Waals surface area contributed by atoms with Gasteiger partial charge in [0.15, 0.2) is 0 Å². The quantitative estimate of drug-likeness (QED) is 0.707. The second kappa shape index (κ2) is 7.35. The van der Waals surface area contributed by atoms with Crippen LogP contribution in [0.2, 0.25) is 0 Å². The topological polar surface area (TPSA) is 70.5 Å². The molecule has 21 heavy (non-hydrogen) atoms. The number of hydrogen-bond donors (Lipinski definition) is 1. The average molecular weight is 315 g/mol. The molecule has 0 saturated carbocycles. The highest BCUT2D eigenvalue weighted by molar-refractivity contribution is 7.89. The zero-order valence-electron chi connectivity index (χ0n) is 12.8. The summed E-state index contributed by atoms with van der Waals surface area (Å²) in [4.78, 5) is 2.55. The van der Waals surface area contributed by atoms with Crippen LogP contribution in [0.3, 0.4) is 0 Å². The van der Waals surface area contributed by atoms with Gasteiger partial charge in [-0.1, -0.05) is 13.8 Å². The molecule has 0 radical (unpaired) electrons. The van der Waals surface area contributed by atoms with E-state index in [1.54, 1.807) is 15.2 Å². The Bertz CT molecular complexity index is 535. The van der Waals surface area contributed by atoms with E-state index in [0.717, 1.165) is 32.7 Å². The summed E-state index contributed by atoms with van der Waals surface area (Å²) in [7, 11) is -3.40. The fourth-order valence-corrected chi connectivity index (χ4v) is 3.78. The van der Waals surface area contributed by atoms with Crippen molar-refractivity contribution in [3.05, 3.63) is 12.4 Å². The maximum atomic E-state index is 12.6. The van der Waals surface area contributed by atoms with Gasteiger partial charge in [0, 0.05) is 38.9 Å². The van der Waals surface area contributed by atoms with E-state index in [1.165, 1.54) is 6.20 Å². The second-order valence-electron chi connectivity index (χ2n) is 5.13. The predicted molar refractivity (Wildman–Crippen MR) is 81.6 cm³/mol. The monoisotopic (exact) mass is 315 g/mol. The van der Waals surface area contributed by atoms with Crippen LogP contribution in [0.15, 0.2) is 17.3 Å². The van der Waals surface area contributed by atoms with Crippen molar-refractivity contribution in [1.29, 1.82) is 0 Å². The van der Waals surface area contributed by atoms with Crippen molar-refractivity contribution in [2.24, 2.45) is 0 Å². The summed E-state index contributed by atoms with van der Waals surface area (Å²) >= 11 is 0. The Morgan fingerprint density at radius 2 is 1.95 bits per heavy atom. The van der Waals surface area contributed by atoms with Gasteiger partial charge in [-0.05, 0) is 13.1 Å². The Hall–Kier alpha value is -0.960. The van der Waals surface area contributed by atoms with Gasteiger partial charge in [-0.15, -0.1) is 0 Å². The summed E-state index contributed by atoms with van der Waals surface area (Å²) < 4.78 is 28.4. The van der Waals surface area contributed by atoms with Crippen molar-refractivity contribution in [3.63, 3.8) is 0 Å². The van der Waals surface area contributed by atoms with Crippen molar-refractivity contribution in [1.82, 2.24) is 24.3 Å². The van der Waals surface area contributed by atoms with Crippen LogP contribution < -0.4 is 5.32 Å². The van der Waals surface area contributed by atoms with Gasteiger partial charge in [-0.2, -0.15) is 9.40 Å². The first kappa shape index (κ1) is 16.4. The van der Waals surface area contributed by atoms with Crippen molar-refractivity contribution < 1.29 is 8.42 Å². The SMILES string of the molecule is CCNCCn1cc(S(=O)(=O)N2CCN(CC)CC2)cn1. The largest absolute Gasteiger partial charge is 0.315 e. The minimum atomic E-state index is -3.40. The average Bonchev–Trinajstić information content (AvgIpc) is 2.97. The Kier molecular flexibility index (Phi) is 5.74. The van der Waals surface area contributed by atoms with E-state index in [4.69, 9.17) is 0 Å². The number of piperazine rings is 1. The smallest absolute Gasteiger partial charge is 0.246 e. The summed E-state index contributed by atoms with van der Waals surface area (Å²) in [6, 6.07) is 0. The van der Waals surface area contributed by atoms with Crippen LogP contribution in [0.5, 0.6) is 0 Å². The summed E-state index contributed by atoms with van der Waals surface area (Å²) in [6.45, 7) is 10.2. The highest BCUT2D eigenvalue weighted by atomic mass is 32.2. The molecular formula is C13H25N5O2S. The van der Waals surface area contributed by atoms with Crippen LogP contribution in [-0.4, -0.2) is 73.2 Å². The standard InChI is InChI=1S/C13H25N5O2S/c1-3-14-5-6-17-12-13(11-15-17)21(19,20)18-9-7-16(4-2)8-10-18/h11-12,14H,3-10H2,1-2H3. The molecule has 1 N–H and O–H groups in total. The van der Waals surface area contributed by atoms with Gasteiger partial charge in [-0.3, -0.25) is 4.68 Å². The number of hydrogen-bond acceptors (Lipinski definition) is 5. The third kappa shape index (κ3) is 4.03. The molecule has 8 heteroatoms. The molecule has 0 bridgehead atoms. The van der Waals surface area contributed by atoms with E-state index in [1.807, 2.05) is 6.92 Å². The van der Waals surface area contributed by atoms with Crippen LogP contribution in [0.25, 0.3) is 0 Å². The lowest BCUT2D eigenvalue weighted by Crippen LogP contribution is -2.48. The first-order valence-corrected chi connectivity index (χ1v) is 8.97. The summed E-state index contributed by atoms with van der Waals surface area (Å²) in [6.07, 6.45) is 3.08. The van der Waals surface area contributed by atoms with Crippen LogP contribution in [-0.2, 0) is 16.6 Å². The molecule has 120 valence electrons. The maximum Gasteiger partial charge on any atom is 0.246 e. The minimum absolute atomic E-state index is 0.295. The normalized spacial score (nSPS) is 18.2. The van der Waals surface area contributed by atoms with Gasteiger partial charge >= 0.3 is 0 Å². The van der Waals surface area contributed by atoms with Crippen molar-refractivity contribution in [2.75, 3.05) is 45.8 Å². The van der Waals surface area contributed by atoms with Gasteiger partial charge < -0.3 is 10.2 Å². The summed E-state index contributed by atoms with van der Waals surface area (Å²) in [5.74, 6) is 0. The number of likely N-dealkylation sites (N-methyl/N-ethyl adjacent to an activating group) is 2. The van der Waals surface area contributed by atoms with E-state index in [2.05, 4.69) is 22.2 Å². The lowest BCUT2D eigenvalue weighted by molar-refractivity contribution is 0.196. The predicted octanol–water partition coefficient (Wildman–Crippen LogP) is -0.181. The molecule has 1 fully saturated rings. The molecule has 1 aliphatic rings. The Morgan fingerprint density at radius 3 is 2.57 bits per heavy atom. The number of nitrogens with one attached hydrogen (secondary N) is 1. The maximum absolute atomic E-state index is 12.6. The molecule has 0 spiro atoms. The number of rotatable bonds is 7. The van der Waals surface area contributed by atoms with Gasteiger partial charge in [0.25, 0.3) is 0 Å². The van der Waals surface area contributed by atoms with Crippen molar-refractivity contribution in [2.45, 2.75) is 25.3 Å². The third-order valence-corrected chi connectivity index (χ3v) is 5.65. The Morgan fingerprint density at radius 1 is 1.24 bits per heavy atom. The van der Waals surface area contributed by atoms with Crippen LogP contribution in [0, 0.1) is 0 Å². The molecule has 0 aromatic carbocycles. The molecule has 2 rings (SSSR count). The molecule has 0 aliphatic carbocycles. The van der Waals surface area contributed by atoms with Gasteiger partial charge in [0.2, 0.25) is 10.0 Å². The van der Waals surface area contributed by atoms with Crippen LogP contribution >= 0.6 is 0 Å². The molecule has 0 unspecified atom stereocenters. The number of nitrogens with zero attached hydrogens (tertiary/aromatic N) is 4. The zero-order valence-corrected chi connectivity index (χ0v) is 13.6. The van der Waals surface area contributed by atoms with Gasteiger partial charge in [-0.25, -0.2) is 8.42 Å². The highest BCUT2D eigenvalue weighted by Crippen LogP contribution is 2.16. The van der Waals surface area contributed by atoms with Gasteiger partial charge in [0.05, 0.1) is 12.7 Å².